The fourth-order valence-corrected chi connectivity index (χ4v) is 22.8. The fourth-order valence-electron chi connectivity index (χ4n) is 18.7. The molecule has 148 heavy (non-hydrogen) atoms. The van der Waals surface area contributed by atoms with Crippen molar-refractivity contribution >= 4 is 112 Å². The molecule has 0 bridgehead atoms. The molecule has 0 saturated carbocycles. The summed E-state index contributed by atoms with van der Waals surface area (Å²) in [5.41, 5.74) is 10.9. The highest BCUT2D eigenvalue weighted by atomic mass is 32.2. The quantitative estimate of drug-likeness (QED) is 0.0125. The first-order valence-electron chi connectivity index (χ1n) is 50.0. The molecule has 12 atom stereocenters. The van der Waals surface area contributed by atoms with Crippen molar-refractivity contribution in [1.29, 1.82) is 0 Å². The van der Waals surface area contributed by atoms with Crippen LogP contribution in [-0.2, 0) is 94.8 Å². The first-order chi connectivity index (χ1) is 70.8. The summed E-state index contributed by atoms with van der Waals surface area (Å²) in [7, 11) is 0. The molecule has 11 N–H and O–H groups in total. The summed E-state index contributed by atoms with van der Waals surface area (Å²) in [6, 6.07) is 81.8. The van der Waals surface area contributed by atoms with E-state index in [2.05, 4.69) is 42.5 Å². The topological polar surface area (TPSA) is 379 Å². The molecule has 0 spiro atoms. The standard InChI is InChI=1S/C117H138N12O15S4/c1-78(142-112(3,4)5)100(108(137)122-94(73-99(130)144-114(9,10)11)103(132)123-95(111(140)141)72-90-74-128(77-119-90)115(81-47-26-15-27-48-81,82-49-28-16-29-50-82)83-51-30-17-31-52-83)127-109(138)101(79(2)143-113(6,7)8)126-104(133)93(71-80-45-24-14-25-46-80)121-106(135)97(76-148-117(87-59-38-21-39-60-87,88-61-40-22-41-62-88)89-63-42-23-43-64-89)125-107(136)98-65-44-68-129(98)110(139)92(67-70-146-13)120-105(134)96(124-102(131)91(118)66-69-145-12)75-147-116(84-53-32-18-33-54-84,85-55-34-19-35-56-85)86-57-36-20-37-58-86/h14-43,45-64,74,77-79,91-98,100-101H,44,65-73,75-76,118H2,1-13H3,(H,120,134)(H,121,135)(H,122,137)(H,123,132)(H,124,131)(H,125,136)(H,126,133)(H,127,138)(H,140,141)/t78-,79-,91+,92+,93+,94+,95+,96+,97+,98+,100+,101+/m1/s1. The summed E-state index contributed by atoms with van der Waals surface area (Å²) in [4.78, 5) is 176. The number of hydrogen-bond donors (Lipinski definition) is 10. The zero-order valence-corrected chi connectivity index (χ0v) is 89.4. The van der Waals surface area contributed by atoms with Gasteiger partial charge in [0.2, 0.25) is 53.2 Å². The van der Waals surface area contributed by atoms with Crippen molar-refractivity contribution < 1.29 is 72.1 Å². The minimum Gasteiger partial charge on any atom is -0.480 e. The Morgan fingerprint density at radius 3 is 1.13 bits per heavy atom. The maximum atomic E-state index is 16.5. The molecule has 1 aliphatic rings. The number of nitrogens with one attached hydrogen (secondary N) is 8. The summed E-state index contributed by atoms with van der Waals surface area (Å²) in [5.74, 6) is -9.26. The fraction of sp³-hybridized carbons (Fsp3) is 0.368. The Labute approximate surface area is 885 Å². The van der Waals surface area contributed by atoms with Gasteiger partial charge in [0.1, 0.15) is 65.5 Å². The van der Waals surface area contributed by atoms with Gasteiger partial charge in [0, 0.05) is 37.1 Å². The van der Waals surface area contributed by atoms with Gasteiger partial charge in [0.15, 0.2) is 0 Å². The Bertz CT molecular complexity index is 5890. The SMILES string of the molecule is CSCC[C@H](NC(=O)[C@H](CSC(c1ccccc1)(c1ccccc1)c1ccccc1)NC(=O)[C@@H](N)CCSC)C(=O)N1CCC[C@H]1C(=O)N[C@@H](CSC(c1ccccc1)(c1ccccc1)c1ccccc1)C(=O)N[C@@H](Cc1ccccc1)C(=O)N[C@H](C(=O)N[C@H](C(=O)N[C@@H](CC(=O)OC(C)(C)C)C(=O)N[C@@H](Cc1cn(C(c2ccccc2)(c2ccccc2)c2ccccc2)cn1)C(=O)O)[C@@H](C)OC(C)(C)C)[C@@H](C)OC(C)(C)C. The summed E-state index contributed by atoms with van der Waals surface area (Å²) in [5, 5.41) is 34.3. The van der Waals surface area contributed by atoms with Gasteiger partial charge in [-0.1, -0.05) is 303 Å². The van der Waals surface area contributed by atoms with Gasteiger partial charge >= 0.3 is 11.9 Å². The van der Waals surface area contributed by atoms with Crippen LogP contribution in [0, 0.1) is 0 Å². The van der Waals surface area contributed by atoms with Gasteiger partial charge in [-0.2, -0.15) is 23.5 Å². The molecule has 11 aromatic rings. The molecule has 780 valence electrons. The number of nitrogens with two attached hydrogens (primary N) is 1. The van der Waals surface area contributed by atoms with Crippen LogP contribution in [0.1, 0.15) is 170 Å². The van der Waals surface area contributed by atoms with Crippen LogP contribution in [0.15, 0.2) is 316 Å². The van der Waals surface area contributed by atoms with Gasteiger partial charge in [-0.05, 0) is 181 Å². The van der Waals surface area contributed by atoms with Gasteiger partial charge in [-0.15, -0.1) is 23.5 Å². The highest BCUT2D eigenvalue weighted by Crippen LogP contribution is 2.51. The van der Waals surface area contributed by atoms with Gasteiger partial charge < -0.3 is 77.1 Å². The van der Waals surface area contributed by atoms with Crippen LogP contribution in [0.3, 0.4) is 0 Å². The molecule has 1 saturated heterocycles. The Morgan fingerprint density at radius 1 is 0.399 bits per heavy atom. The molecular weight excluding hydrogens is 1940 g/mol. The number of likely N-dealkylation sites (tertiary alicyclic amines) is 1. The number of amides is 9. The van der Waals surface area contributed by atoms with E-state index < -0.39 is 182 Å². The van der Waals surface area contributed by atoms with Crippen LogP contribution in [-0.4, -0.2) is 216 Å². The summed E-state index contributed by atoms with van der Waals surface area (Å²) >= 11 is 5.78. The number of carbonyl (C=O) groups is 11. The largest absolute Gasteiger partial charge is 0.480 e. The minimum atomic E-state index is -1.89. The average Bonchev–Trinajstić information content (AvgIpc) is 1.31. The molecule has 12 rings (SSSR count). The highest BCUT2D eigenvalue weighted by Gasteiger charge is 2.48. The lowest BCUT2D eigenvalue weighted by molar-refractivity contribution is -0.157. The van der Waals surface area contributed by atoms with E-state index >= 15 is 38.4 Å². The molecule has 0 aliphatic carbocycles. The number of hydrogen-bond acceptors (Lipinski definition) is 20. The number of ether oxygens (including phenoxy) is 3. The number of carboxylic acids is 1. The molecular formula is C117H138N12O15S4. The third-order valence-electron chi connectivity index (χ3n) is 25.5. The number of rotatable bonds is 50. The molecule has 0 radical (unpaired) electrons. The van der Waals surface area contributed by atoms with Crippen LogP contribution >= 0.6 is 47.0 Å². The molecule has 31 heteroatoms. The molecule has 10 aromatic carbocycles. The number of nitrogens with zero attached hydrogens (tertiary/aromatic N) is 3. The third kappa shape index (κ3) is 30.1. The van der Waals surface area contributed by atoms with Crippen molar-refractivity contribution in [3.63, 3.8) is 0 Å². The van der Waals surface area contributed by atoms with Crippen molar-refractivity contribution in [3.05, 3.63) is 377 Å². The smallest absolute Gasteiger partial charge is 0.326 e. The zero-order chi connectivity index (χ0) is 106. The third-order valence-corrected chi connectivity index (χ3v) is 30.0. The Hall–Kier alpha value is -13.1. The second kappa shape index (κ2) is 53.1. The first kappa shape index (κ1) is 114. The van der Waals surface area contributed by atoms with Crippen LogP contribution < -0.4 is 48.3 Å². The van der Waals surface area contributed by atoms with E-state index in [0.717, 1.165) is 50.1 Å². The van der Waals surface area contributed by atoms with E-state index in [4.69, 9.17) is 24.9 Å². The maximum Gasteiger partial charge on any atom is 0.326 e. The molecule has 1 aromatic heterocycles. The van der Waals surface area contributed by atoms with E-state index in [0.29, 0.717) is 29.9 Å². The van der Waals surface area contributed by atoms with E-state index in [9.17, 15) is 19.5 Å². The zero-order valence-electron chi connectivity index (χ0n) is 86.2. The lowest BCUT2D eigenvalue weighted by Gasteiger charge is -2.37. The van der Waals surface area contributed by atoms with Crippen molar-refractivity contribution in [2.45, 2.75) is 226 Å². The Kier molecular flexibility index (Phi) is 40.8. The monoisotopic (exact) mass is 2080 g/mol. The number of benzene rings is 10. The summed E-state index contributed by atoms with van der Waals surface area (Å²) in [6.45, 7) is 18.3. The molecule has 0 unspecified atom stereocenters. The Morgan fingerprint density at radius 2 is 0.736 bits per heavy atom. The van der Waals surface area contributed by atoms with Crippen molar-refractivity contribution in [1.82, 2.24) is 57.0 Å². The molecule has 1 aliphatic heterocycles. The second-order valence-electron chi connectivity index (χ2n) is 39.9. The summed E-state index contributed by atoms with van der Waals surface area (Å²) in [6.07, 6.45) is 3.97. The van der Waals surface area contributed by atoms with E-state index in [1.165, 1.54) is 65.8 Å². The van der Waals surface area contributed by atoms with Gasteiger partial charge in [-0.25, -0.2) is 9.78 Å². The van der Waals surface area contributed by atoms with Crippen LogP contribution in [0.2, 0.25) is 0 Å². The van der Waals surface area contributed by atoms with Crippen molar-refractivity contribution in [2.75, 3.05) is 42.1 Å². The van der Waals surface area contributed by atoms with Crippen LogP contribution in [0.25, 0.3) is 0 Å². The minimum absolute atomic E-state index is 0.0115. The van der Waals surface area contributed by atoms with Crippen molar-refractivity contribution in [2.24, 2.45) is 5.73 Å². The van der Waals surface area contributed by atoms with Gasteiger partial charge in [0.25, 0.3) is 0 Å². The van der Waals surface area contributed by atoms with E-state index in [1.807, 2.05) is 290 Å². The number of carboxylic acid groups (broad SMARTS) is 1. The molecule has 1 fully saturated rings. The maximum absolute atomic E-state index is 16.5. The number of aliphatic carboxylic acids is 1. The Balaban J connectivity index is 0.863. The number of aromatic nitrogens is 2. The first-order valence-corrected chi connectivity index (χ1v) is 54.7. The predicted molar refractivity (Wildman–Crippen MR) is 587 cm³/mol. The second-order valence-corrected chi connectivity index (χ2v) is 44.3. The average molecular weight is 2080 g/mol. The van der Waals surface area contributed by atoms with E-state index in [-0.39, 0.29) is 43.0 Å². The number of esters is 1. The number of thioether (sulfide) groups is 4. The van der Waals surface area contributed by atoms with Crippen LogP contribution in [0.5, 0.6) is 0 Å². The molecule has 9 amide bonds. The van der Waals surface area contributed by atoms with Gasteiger partial charge in [0.05, 0.1) is 57.4 Å². The normalized spacial score (nSPS) is 15.2. The molecule has 2 heterocycles. The summed E-state index contributed by atoms with van der Waals surface area (Å²) < 4.78 is 18.6. The number of imidazole rings is 1. The highest BCUT2D eigenvalue weighted by molar-refractivity contribution is 8.01. The number of carbonyl (C=O) groups excluding carboxylic acids is 10. The van der Waals surface area contributed by atoms with Gasteiger partial charge in [-0.3, -0.25) is 47.9 Å². The lowest BCUT2D eigenvalue weighted by Crippen LogP contribution is -2.64. The lowest BCUT2D eigenvalue weighted by atomic mass is 9.77. The van der Waals surface area contributed by atoms with Crippen LogP contribution in [0.4, 0.5) is 0 Å². The van der Waals surface area contributed by atoms with Crippen molar-refractivity contribution in [3.8, 4) is 0 Å². The predicted octanol–water partition coefficient (Wildman–Crippen LogP) is 14.9. The molecule has 27 nitrogen and oxygen atoms in total. The van der Waals surface area contributed by atoms with E-state index in [1.54, 1.807) is 105 Å².